The molecule has 0 radical (unpaired) electrons. The van der Waals surface area contributed by atoms with Crippen molar-refractivity contribution in [2.75, 3.05) is 0 Å². The van der Waals surface area contributed by atoms with E-state index in [1.165, 1.54) is 0 Å². The zero-order valence-corrected chi connectivity index (χ0v) is 6.57. The molecule has 0 atom stereocenters. The maximum atomic E-state index is 4.19. The van der Waals surface area contributed by atoms with Gasteiger partial charge in [-0.05, 0) is 17.1 Å². The second-order valence-electron chi connectivity index (χ2n) is 2.50. The van der Waals surface area contributed by atoms with Gasteiger partial charge in [0.25, 0.3) is 0 Å². The highest BCUT2D eigenvalue weighted by Gasteiger charge is 2.03. The third-order valence-electron chi connectivity index (χ3n) is 1.65. The fourth-order valence-corrected chi connectivity index (χ4v) is 1.08. The SMILES string of the molecule is c1ccc(-c2nccc[nH+]2)cc1. The van der Waals surface area contributed by atoms with E-state index in [-0.39, 0.29) is 0 Å². The van der Waals surface area contributed by atoms with Gasteiger partial charge in [-0.15, -0.1) is 0 Å². The Morgan fingerprint density at radius 3 is 2.50 bits per heavy atom. The molecule has 0 unspecified atom stereocenters. The molecule has 1 aromatic heterocycles. The number of nitrogens with one attached hydrogen (secondary N) is 1. The molecule has 58 valence electrons. The van der Waals surface area contributed by atoms with E-state index in [0.29, 0.717) is 0 Å². The molecule has 2 aromatic rings. The number of hydrogen-bond acceptors (Lipinski definition) is 1. The molecule has 0 fully saturated rings. The lowest BCUT2D eigenvalue weighted by Crippen LogP contribution is -2.06. The van der Waals surface area contributed by atoms with Crippen LogP contribution in [0.25, 0.3) is 11.4 Å². The normalized spacial score (nSPS) is 9.67. The number of rotatable bonds is 1. The van der Waals surface area contributed by atoms with E-state index in [9.17, 15) is 0 Å². The first-order chi connectivity index (χ1) is 5.97. The van der Waals surface area contributed by atoms with Gasteiger partial charge in [0, 0.05) is 6.07 Å². The van der Waals surface area contributed by atoms with Crippen molar-refractivity contribution < 1.29 is 4.98 Å². The summed E-state index contributed by atoms with van der Waals surface area (Å²) in [4.78, 5) is 7.27. The number of H-pyrrole nitrogens is 1. The monoisotopic (exact) mass is 157 g/mol. The molecule has 2 nitrogen and oxygen atoms in total. The van der Waals surface area contributed by atoms with E-state index in [0.717, 1.165) is 11.4 Å². The average molecular weight is 157 g/mol. The zero-order chi connectivity index (χ0) is 8.23. The molecular weight excluding hydrogens is 148 g/mol. The third-order valence-corrected chi connectivity index (χ3v) is 1.65. The first-order valence-corrected chi connectivity index (χ1v) is 3.85. The lowest BCUT2D eigenvalue weighted by Gasteiger charge is -1.89. The summed E-state index contributed by atoms with van der Waals surface area (Å²) in [5.41, 5.74) is 1.11. The molecule has 1 aromatic carbocycles. The fraction of sp³-hybridized carbons (Fsp3) is 0. The van der Waals surface area contributed by atoms with Crippen LogP contribution in [0.3, 0.4) is 0 Å². The first kappa shape index (κ1) is 6.98. The van der Waals surface area contributed by atoms with E-state index in [4.69, 9.17) is 0 Å². The molecule has 0 aliphatic carbocycles. The minimum atomic E-state index is 0.901. The van der Waals surface area contributed by atoms with Crippen LogP contribution in [0.5, 0.6) is 0 Å². The van der Waals surface area contributed by atoms with Gasteiger partial charge in [-0.3, -0.25) is 0 Å². The molecule has 1 heterocycles. The molecule has 2 rings (SSSR count). The summed E-state index contributed by atoms with van der Waals surface area (Å²) in [5.74, 6) is 0.901. The van der Waals surface area contributed by atoms with E-state index < -0.39 is 0 Å². The van der Waals surface area contributed by atoms with Crippen LogP contribution in [0.1, 0.15) is 0 Å². The maximum Gasteiger partial charge on any atom is 0.327 e. The van der Waals surface area contributed by atoms with Crippen molar-refractivity contribution in [3.05, 3.63) is 48.8 Å². The quantitative estimate of drug-likeness (QED) is 0.617. The summed E-state index contributed by atoms with van der Waals surface area (Å²) in [6.07, 6.45) is 3.65. The summed E-state index contributed by atoms with van der Waals surface area (Å²) >= 11 is 0. The molecule has 0 amide bonds. The first-order valence-electron chi connectivity index (χ1n) is 3.85. The van der Waals surface area contributed by atoms with Gasteiger partial charge in [0.2, 0.25) is 0 Å². The highest BCUT2D eigenvalue weighted by Crippen LogP contribution is 2.08. The minimum Gasteiger partial charge on any atom is -0.244 e. The van der Waals surface area contributed by atoms with Gasteiger partial charge >= 0.3 is 5.82 Å². The number of hydrogen-bond donors (Lipinski definition) is 0. The van der Waals surface area contributed by atoms with Crippen LogP contribution in [0.4, 0.5) is 0 Å². The van der Waals surface area contributed by atoms with Gasteiger partial charge in [0.05, 0.1) is 11.8 Å². The Labute approximate surface area is 70.9 Å². The number of nitrogens with zero attached hydrogens (tertiary/aromatic N) is 1. The number of aromatic nitrogens is 2. The number of aromatic amines is 1. The Morgan fingerprint density at radius 1 is 1.00 bits per heavy atom. The molecule has 0 aliphatic heterocycles. The summed E-state index contributed by atoms with van der Waals surface area (Å²) < 4.78 is 0. The van der Waals surface area contributed by atoms with Crippen LogP contribution < -0.4 is 4.98 Å². The predicted octanol–water partition coefficient (Wildman–Crippen LogP) is 1.56. The Bertz CT molecular complexity index is 305. The Kier molecular flexibility index (Phi) is 1.82. The average Bonchev–Trinajstić information content (AvgIpc) is 2.21. The lowest BCUT2D eigenvalue weighted by atomic mass is 10.2. The molecule has 0 bridgehead atoms. The van der Waals surface area contributed by atoms with E-state index in [2.05, 4.69) is 9.97 Å². The second kappa shape index (κ2) is 3.13. The van der Waals surface area contributed by atoms with Gasteiger partial charge in [-0.2, -0.15) is 0 Å². The molecule has 12 heavy (non-hydrogen) atoms. The van der Waals surface area contributed by atoms with Crippen LogP contribution in [0.2, 0.25) is 0 Å². The van der Waals surface area contributed by atoms with Crippen molar-refractivity contribution in [2.24, 2.45) is 0 Å². The molecule has 1 N–H and O–H groups in total. The van der Waals surface area contributed by atoms with Crippen molar-refractivity contribution in [2.45, 2.75) is 0 Å². The second-order valence-corrected chi connectivity index (χ2v) is 2.50. The van der Waals surface area contributed by atoms with E-state index in [1.54, 1.807) is 6.20 Å². The van der Waals surface area contributed by atoms with Crippen molar-refractivity contribution >= 4 is 0 Å². The fourth-order valence-electron chi connectivity index (χ4n) is 1.08. The van der Waals surface area contributed by atoms with Gasteiger partial charge in [0.15, 0.2) is 0 Å². The molecular formula is C10H9N2+. The molecule has 0 saturated carbocycles. The lowest BCUT2D eigenvalue weighted by molar-refractivity contribution is -0.368. The minimum absolute atomic E-state index is 0.901. The zero-order valence-electron chi connectivity index (χ0n) is 6.57. The van der Waals surface area contributed by atoms with Crippen LogP contribution in [0, 0.1) is 0 Å². The largest absolute Gasteiger partial charge is 0.327 e. The van der Waals surface area contributed by atoms with Crippen molar-refractivity contribution in [1.29, 1.82) is 0 Å². The van der Waals surface area contributed by atoms with Crippen molar-refractivity contribution in [3.8, 4) is 11.4 Å². The molecule has 0 spiro atoms. The van der Waals surface area contributed by atoms with Crippen LogP contribution >= 0.6 is 0 Å². The topological polar surface area (TPSA) is 27.0 Å². The highest BCUT2D eigenvalue weighted by molar-refractivity contribution is 5.50. The Hall–Kier alpha value is -1.70. The third kappa shape index (κ3) is 1.32. The Morgan fingerprint density at radius 2 is 1.83 bits per heavy atom. The molecule has 2 heteroatoms. The van der Waals surface area contributed by atoms with Crippen LogP contribution in [-0.4, -0.2) is 4.98 Å². The summed E-state index contributed by atoms with van der Waals surface area (Å²) in [6, 6.07) is 11.9. The molecule has 0 aliphatic rings. The number of benzene rings is 1. The van der Waals surface area contributed by atoms with E-state index >= 15 is 0 Å². The van der Waals surface area contributed by atoms with Crippen molar-refractivity contribution in [1.82, 2.24) is 4.98 Å². The standard InChI is InChI=1S/C10H8N2/c1-2-5-9(6-3-1)10-11-7-4-8-12-10/h1-8H/p+1. The smallest absolute Gasteiger partial charge is 0.244 e. The predicted molar refractivity (Wildman–Crippen MR) is 46.2 cm³/mol. The van der Waals surface area contributed by atoms with Crippen LogP contribution in [0.15, 0.2) is 48.8 Å². The van der Waals surface area contributed by atoms with Crippen molar-refractivity contribution in [3.63, 3.8) is 0 Å². The van der Waals surface area contributed by atoms with Gasteiger partial charge in [0.1, 0.15) is 6.20 Å². The van der Waals surface area contributed by atoms with Gasteiger partial charge in [-0.1, -0.05) is 18.2 Å². The summed E-state index contributed by atoms with van der Waals surface area (Å²) in [6.45, 7) is 0. The Balaban J connectivity index is 2.46. The highest BCUT2D eigenvalue weighted by atomic mass is 14.8. The van der Waals surface area contributed by atoms with Gasteiger partial charge in [-0.25, -0.2) is 4.98 Å². The van der Waals surface area contributed by atoms with E-state index in [1.807, 2.05) is 42.6 Å². The van der Waals surface area contributed by atoms with Gasteiger partial charge < -0.3 is 0 Å². The maximum absolute atomic E-state index is 4.19. The summed E-state index contributed by atoms with van der Waals surface area (Å²) in [5, 5.41) is 0. The molecule has 0 saturated heterocycles. The summed E-state index contributed by atoms with van der Waals surface area (Å²) in [7, 11) is 0. The van der Waals surface area contributed by atoms with Crippen LogP contribution in [-0.2, 0) is 0 Å².